The molecule has 0 aliphatic rings. The highest BCUT2D eigenvalue weighted by atomic mass is 127. The molecule has 0 saturated heterocycles. The molecule has 1 N–H and O–H groups in total. The minimum atomic E-state index is -0.762. The maximum atomic E-state index is 10.6. The zero-order valence-corrected chi connectivity index (χ0v) is 17.3. The van der Waals surface area contributed by atoms with Gasteiger partial charge in [-0.05, 0) is 24.6 Å². The molecule has 24 heavy (non-hydrogen) atoms. The van der Waals surface area contributed by atoms with Crippen LogP contribution < -0.4 is 4.90 Å². The second kappa shape index (κ2) is 10.3. The molecule has 0 radical (unpaired) electrons. The monoisotopic (exact) mass is 485 g/mol. The van der Waals surface area contributed by atoms with Gasteiger partial charge >= 0.3 is 5.97 Å². The third-order valence-electron chi connectivity index (χ3n) is 3.82. The Hall–Kier alpha value is -0.730. The van der Waals surface area contributed by atoms with Crippen molar-refractivity contribution in [1.82, 2.24) is 9.55 Å². The zero-order chi connectivity index (χ0) is 16.8. The first-order chi connectivity index (χ1) is 11.1. The van der Waals surface area contributed by atoms with Crippen LogP contribution in [0.1, 0.15) is 18.7 Å². The van der Waals surface area contributed by atoms with E-state index in [0.29, 0.717) is 18.7 Å². The Bertz CT molecular complexity index is 673. The van der Waals surface area contributed by atoms with Crippen LogP contribution in [0.4, 0.5) is 5.69 Å². The minimum absolute atomic E-state index is 0. The number of benzene rings is 1. The molecule has 0 saturated carbocycles. The second-order valence-corrected chi connectivity index (χ2v) is 6.83. The number of carboxylic acids is 1. The van der Waals surface area contributed by atoms with Crippen molar-refractivity contribution in [2.75, 3.05) is 28.3 Å². The van der Waals surface area contributed by atoms with Crippen molar-refractivity contribution in [3.8, 4) is 0 Å². The number of aromatic nitrogens is 2. The quantitative estimate of drug-likeness (QED) is 0.432. The molecule has 0 spiro atoms. The van der Waals surface area contributed by atoms with E-state index < -0.39 is 5.97 Å². The number of halogens is 3. The molecule has 8 heteroatoms. The van der Waals surface area contributed by atoms with Gasteiger partial charge in [0, 0.05) is 49.0 Å². The van der Waals surface area contributed by atoms with Crippen LogP contribution in [0.2, 0.25) is 0 Å². The lowest BCUT2D eigenvalue weighted by molar-refractivity contribution is -0.137. The summed E-state index contributed by atoms with van der Waals surface area (Å²) in [5.74, 6) is 0.759. The molecule has 0 aliphatic carbocycles. The van der Waals surface area contributed by atoms with E-state index in [-0.39, 0.29) is 18.8 Å². The predicted molar refractivity (Wildman–Crippen MR) is 110 cm³/mol. The van der Waals surface area contributed by atoms with Gasteiger partial charge in [0.15, 0.2) is 0 Å². The molecule has 1 aromatic carbocycles. The molecule has 0 amide bonds. The van der Waals surface area contributed by atoms with E-state index in [1.165, 1.54) is 0 Å². The summed E-state index contributed by atoms with van der Waals surface area (Å²) in [7, 11) is 1.98. The molecule has 0 aliphatic heterocycles. The van der Waals surface area contributed by atoms with Gasteiger partial charge in [-0.3, -0.25) is 4.79 Å². The van der Waals surface area contributed by atoms with Gasteiger partial charge in [0.2, 0.25) is 0 Å². The third kappa shape index (κ3) is 5.39. The highest BCUT2D eigenvalue weighted by Crippen LogP contribution is 2.23. The number of hydrogen-bond donors (Lipinski definition) is 1. The van der Waals surface area contributed by atoms with Crippen molar-refractivity contribution in [3.63, 3.8) is 0 Å². The fourth-order valence-corrected chi connectivity index (χ4v) is 3.42. The van der Waals surface area contributed by atoms with Gasteiger partial charge in [-0.2, -0.15) is 0 Å². The number of anilines is 1. The Kier molecular flexibility index (Phi) is 9.15. The third-order valence-corrected chi connectivity index (χ3v) is 4.47. The SMILES string of the molecule is Cl.Cn1c(CCCC(=O)O)nc2cc(N(CCCl)CCI)ccc21. The molecule has 0 bridgehead atoms. The number of imidazole rings is 1. The lowest BCUT2D eigenvalue weighted by atomic mass is 10.2. The lowest BCUT2D eigenvalue weighted by Gasteiger charge is -2.22. The normalized spacial score (nSPS) is 10.6. The first-order valence-corrected chi connectivity index (χ1v) is 9.67. The first-order valence-electron chi connectivity index (χ1n) is 7.61. The van der Waals surface area contributed by atoms with Crippen LogP contribution in [0, 0.1) is 0 Å². The standard InChI is InChI=1S/C16H21ClIN3O2.ClH/c1-20-14-6-5-12(21(9-7-17)10-8-18)11-13(14)19-15(20)3-2-4-16(22)23;/h5-6,11H,2-4,7-10H2,1H3,(H,22,23);1H. The summed E-state index contributed by atoms with van der Waals surface area (Å²) in [5, 5.41) is 8.75. The van der Waals surface area contributed by atoms with Crippen molar-refractivity contribution in [1.29, 1.82) is 0 Å². The highest BCUT2D eigenvalue weighted by molar-refractivity contribution is 14.1. The summed E-state index contributed by atoms with van der Waals surface area (Å²) < 4.78 is 3.08. The molecular weight excluding hydrogens is 464 g/mol. The summed E-state index contributed by atoms with van der Waals surface area (Å²) in [5.41, 5.74) is 3.15. The number of fused-ring (bicyclic) bond motifs is 1. The Morgan fingerprint density at radius 3 is 2.79 bits per heavy atom. The summed E-state index contributed by atoms with van der Waals surface area (Å²) in [6.45, 7) is 1.77. The highest BCUT2D eigenvalue weighted by Gasteiger charge is 2.11. The number of hydrogen-bond acceptors (Lipinski definition) is 3. The van der Waals surface area contributed by atoms with Crippen LogP contribution in [0.15, 0.2) is 18.2 Å². The van der Waals surface area contributed by atoms with E-state index >= 15 is 0 Å². The average molecular weight is 486 g/mol. The van der Waals surface area contributed by atoms with Gasteiger partial charge in [-0.15, -0.1) is 24.0 Å². The van der Waals surface area contributed by atoms with Crippen molar-refractivity contribution in [2.45, 2.75) is 19.3 Å². The lowest BCUT2D eigenvalue weighted by Crippen LogP contribution is -2.27. The largest absolute Gasteiger partial charge is 0.481 e. The van der Waals surface area contributed by atoms with E-state index in [1.54, 1.807) is 0 Å². The van der Waals surface area contributed by atoms with Gasteiger partial charge in [0.1, 0.15) is 5.82 Å². The zero-order valence-electron chi connectivity index (χ0n) is 13.5. The summed E-state index contributed by atoms with van der Waals surface area (Å²) in [4.78, 5) is 17.6. The average Bonchev–Trinajstić information content (AvgIpc) is 2.83. The van der Waals surface area contributed by atoms with E-state index in [1.807, 2.05) is 11.6 Å². The van der Waals surface area contributed by atoms with Crippen LogP contribution >= 0.6 is 46.6 Å². The molecule has 134 valence electrons. The van der Waals surface area contributed by atoms with E-state index in [0.717, 1.165) is 40.1 Å². The molecule has 5 nitrogen and oxygen atoms in total. The predicted octanol–water partition coefficient (Wildman–Crippen LogP) is 3.88. The minimum Gasteiger partial charge on any atom is -0.481 e. The van der Waals surface area contributed by atoms with Crippen LogP contribution in [0.25, 0.3) is 11.0 Å². The Balaban J connectivity index is 0.00000288. The van der Waals surface area contributed by atoms with Crippen LogP contribution in [0.5, 0.6) is 0 Å². The molecular formula is C16H22Cl2IN3O2. The van der Waals surface area contributed by atoms with Gasteiger partial charge in [0.05, 0.1) is 11.0 Å². The van der Waals surface area contributed by atoms with Gasteiger partial charge in [-0.1, -0.05) is 22.6 Å². The Morgan fingerprint density at radius 2 is 2.17 bits per heavy atom. The number of aryl methyl sites for hydroxylation is 2. The molecule has 2 rings (SSSR count). The number of carboxylic acid groups (broad SMARTS) is 1. The maximum absolute atomic E-state index is 10.6. The number of rotatable bonds is 9. The van der Waals surface area contributed by atoms with E-state index in [4.69, 9.17) is 16.7 Å². The Morgan fingerprint density at radius 1 is 1.42 bits per heavy atom. The van der Waals surface area contributed by atoms with Crippen molar-refractivity contribution >= 4 is 69.3 Å². The van der Waals surface area contributed by atoms with E-state index in [9.17, 15) is 4.79 Å². The fourth-order valence-electron chi connectivity index (χ4n) is 2.63. The van der Waals surface area contributed by atoms with E-state index in [2.05, 4.69) is 50.7 Å². The molecule has 0 unspecified atom stereocenters. The molecule has 0 atom stereocenters. The van der Waals surface area contributed by atoms with Crippen LogP contribution in [-0.2, 0) is 18.3 Å². The summed E-state index contributed by atoms with van der Waals surface area (Å²) in [6, 6.07) is 6.27. The van der Waals surface area contributed by atoms with Gasteiger partial charge < -0.3 is 14.6 Å². The summed E-state index contributed by atoms with van der Waals surface area (Å²) >= 11 is 8.26. The molecule has 2 aromatic rings. The van der Waals surface area contributed by atoms with Gasteiger partial charge in [0.25, 0.3) is 0 Å². The maximum Gasteiger partial charge on any atom is 0.303 e. The van der Waals surface area contributed by atoms with Crippen molar-refractivity contribution in [2.24, 2.45) is 7.05 Å². The summed E-state index contributed by atoms with van der Waals surface area (Å²) in [6.07, 6.45) is 1.45. The Labute approximate surface area is 166 Å². The van der Waals surface area contributed by atoms with Crippen molar-refractivity contribution in [3.05, 3.63) is 24.0 Å². The number of nitrogens with zero attached hydrogens (tertiary/aromatic N) is 3. The molecule has 1 heterocycles. The number of aliphatic carboxylic acids is 1. The first kappa shape index (κ1) is 21.3. The smallest absolute Gasteiger partial charge is 0.303 e. The van der Waals surface area contributed by atoms with Crippen LogP contribution in [0.3, 0.4) is 0 Å². The van der Waals surface area contributed by atoms with Crippen molar-refractivity contribution < 1.29 is 9.90 Å². The second-order valence-electron chi connectivity index (χ2n) is 5.37. The molecule has 0 fully saturated rings. The topological polar surface area (TPSA) is 58.4 Å². The van der Waals surface area contributed by atoms with Crippen LogP contribution in [-0.4, -0.2) is 44.0 Å². The fraction of sp³-hybridized carbons (Fsp3) is 0.500. The number of alkyl halides is 2. The molecule has 1 aromatic heterocycles. The number of carbonyl (C=O) groups is 1. The van der Waals surface area contributed by atoms with Gasteiger partial charge in [-0.25, -0.2) is 4.98 Å².